The lowest BCUT2D eigenvalue weighted by Gasteiger charge is -2.09. The predicted octanol–water partition coefficient (Wildman–Crippen LogP) is 1.63. The lowest BCUT2D eigenvalue weighted by atomic mass is 10.0. The van der Waals surface area contributed by atoms with E-state index in [9.17, 15) is 9.59 Å². The maximum atomic E-state index is 11.8. The third-order valence-electron chi connectivity index (χ3n) is 2.48. The maximum absolute atomic E-state index is 11.8. The molecule has 0 amide bonds. The zero-order chi connectivity index (χ0) is 13.8. The highest BCUT2D eigenvalue weighted by atomic mass is 16.5. The summed E-state index contributed by atoms with van der Waals surface area (Å²) in [7, 11) is 1.18. The lowest BCUT2D eigenvalue weighted by molar-refractivity contribution is 0.0583. The van der Waals surface area contributed by atoms with Crippen molar-refractivity contribution >= 4 is 11.9 Å². The smallest absolute Gasteiger partial charge is 0.341 e. The number of carbonyl (C=O) groups is 2. The third kappa shape index (κ3) is 2.42. The van der Waals surface area contributed by atoms with Gasteiger partial charge in [0, 0.05) is 12.4 Å². The second kappa shape index (κ2) is 5.26. The van der Waals surface area contributed by atoms with Crippen molar-refractivity contribution in [1.82, 2.24) is 9.97 Å². The summed E-state index contributed by atoms with van der Waals surface area (Å²) in [5, 5.41) is 9.13. The first-order valence-corrected chi connectivity index (χ1v) is 5.37. The highest BCUT2D eigenvalue weighted by molar-refractivity contribution is 6.06. The number of methoxy groups -OCH3 is 1. The third-order valence-corrected chi connectivity index (χ3v) is 2.48. The molecule has 0 saturated carbocycles. The number of pyridine rings is 2. The number of ether oxygens (including phenoxy) is 1. The summed E-state index contributed by atoms with van der Waals surface area (Å²) in [4.78, 5) is 31.0. The SMILES string of the molecule is COC(=O)c1c(C(=O)O)ccnc1-c1ccccn1. The number of nitrogens with zero attached hydrogens (tertiary/aromatic N) is 2. The fraction of sp³-hybridized carbons (Fsp3) is 0.0769. The van der Waals surface area contributed by atoms with Crippen LogP contribution >= 0.6 is 0 Å². The monoisotopic (exact) mass is 258 g/mol. The van der Waals surface area contributed by atoms with Gasteiger partial charge in [-0.15, -0.1) is 0 Å². The van der Waals surface area contributed by atoms with Crippen molar-refractivity contribution in [2.45, 2.75) is 0 Å². The average Bonchev–Trinajstić information content (AvgIpc) is 2.46. The molecule has 0 spiro atoms. The minimum Gasteiger partial charge on any atom is -0.478 e. The van der Waals surface area contributed by atoms with E-state index in [1.807, 2.05) is 0 Å². The van der Waals surface area contributed by atoms with Gasteiger partial charge in [-0.25, -0.2) is 9.59 Å². The minimum absolute atomic E-state index is 0.101. The van der Waals surface area contributed by atoms with Gasteiger partial charge in [0.05, 0.1) is 18.4 Å². The summed E-state index contributed by atoms with van der Waals surface area (Å²) in [6.07, 6.45) is 2.85. The summed E-state index contributed by atoms with van der Waals surface area (Å²) >= 11 is 0. The number of carboxylic acid groups (broad SMARTS) is 1. The Hall–Kier alpha value is -2.76. The van der Waals surface area contributed by atoms with Crippen molar-refractivity contribution in [3.8, 4) is 11.4 Å². The van der Waals surface area contributed by atoms with Crippen molar-refractivity contribution in [3.05, 3.63) is 47.8 Å². The van der Waals surface area contributed by atoms with E-state index < -0.39 is 11.9 Å². The van der Waals surface area contributed by atoms with Gasteiger partial charge >= 0.3 is 11.9 Å². The van der Waals surface area contributed by atoms with Gasteiger partial charge in [-0.1, -0.05) is 6.07 Å². The van der Waals surface area contributed by atoms with Gasteiger partial charge in [-0.2, -0.15) is 0 Å². The zero-order valence-electron chi connectivity index (χ0n) is 10.0. The number of carbonyl (C=O) groups excluding carboxylic acids is 1. The molecule has 2 rings (SSSR count). The Balaban J connectivity index is 2.71. The van der Waals surface area contributed by atoms with E-state index in [-0.39, 0.29) is 16.8 Å². The van der Waals surface area contributed by atoms with Crippen LogP contribution in [0.5, 0.6) is 0 Å². The standard InChI is InChI=1S/C13H10N2O4/c1-19-13(18)10-8(12(16)17)5-7-15-11(10)9-4-2-3-6-14-9/h2-7H,1H3,(H,16,17). The molecule has 0 unspecified atom stereocenters. The van der Waals surface area contributed by atoms with Crippen LogP contribution in [0.25, 0.3) is 11.4 Å². The van der Waals surface area contributed by atoms with E-state index in [0.29, 0.717) is 5.69 Å². The molecule has 0 aromatic carbocycles. The van der Waals surface area contributed by atoms with Crippen molar-refractivity contribution in [2.24, 2.45) is 0 Å². The van der Waals surface area contributed by atoms with Crippen molar-refractivity contribution in [3.63, 3.8) is 0 Å². The first-order chi connectivity index (χ1) is 9.15. The van der Waals surface area contributed by atoms with Gasteiger partial charge in [0.25, 0.3) is 0 Å². The molecule has 6 nitrogen and oxygen atoms in total. The van der Waals surface area contributed by atoms with E-state index in [1.165, 1.54) is 25.6 Å². The number of carboxylic acids is 1. The molecule has 6 heteroatoms. The topological polar surface area (TPSA) is 89.4 Å². The first kappa shape index (κ1) is 12.7. The number of aromatic nitrogens is 2. The Labute approximate surface area is 108 Å². The van der Waals surface area contributed by atoms with Gasteiger partial charge in [0.15, 0.2) is 0 Å². The Bertz CT molecular complexity index is 626. The van der Waals surface area contributed by atoms with Gasteiger partial charge < -0.3 is 9.84 Å². The van der Waals surface area contributed by atoms with E-state index in [2.05, 4.69) is 14.7 Å². The predicted molar refractivity (Wildman–Crippen MR) is 65.8 cm³/mol. The molecular formula is C13H10N2O4. The molecule has 19 heavy (non-hydrogen) atoms. The largest absolute Gasteiger partial charge is 0.478 e. The summed E-state index contributed by atoms with van der Waals surface area (Å²) in [5.74, 6) is -1.98. The Morgan fingerprint density at radius 1 is 1.16 bits per heavy atom. The number of esters is 1. The Kier molecular flexibility index (Phi) is 3.51. The molecule has 0 bridgehead atoms. The van der Waals surface area contributed by atoms with Crippen LogP contribution in [-0.2, 0) is 4.74 Å². The van der Waals surface area contributed by atoms with Crippen molar-refractivity contribution < 1.29 is 19.4 Å². The normalized spacial score (nSPS) is 9.95. The first-order valence-electron chi connectivity index (χ1n) is 5.37. The Morgan fingerprint density at radius 3 is 2.53 bits per heavy atom. The van der Waals surface area contributed by atoms with Crippen LogP contribution in [0.2, 0.25) is 0 Å². The molecule has 0 aliphatic carbocycles. The van der Waals surface area contributed by atoms with Gasteiger partial charge in [0.1, 0.15) is 11.3 Å². The van der Waals surface area contributed by atoms with Crippen molar-refractivity contribution in [2.75, 3.05) is 7.11 Å². The molecular weight excluding hydrogens is 248 g/mol. The quantitative estimate of drug-likeness (QED) is 0.841. The zero-order valence-corrected chi connectivity index (χ0v) is 10.0. The van der Waals surface area contributed by atoms with Gasteiger partial charge in [-0.05, 0) is 18.2 Å². The van der Waals surface area contributed by atoms with E-state index in [0.717, 1.165) is 0 Å². The van der Waals surface area contributed by atoms with Crippen LogP contribution in [-0.4, -0.2) is 34.1 Å². The highest BCUT2D eigenvalue weighted by Gasteiger charge is 2.23. The minimum atomic E-state index is -1.22. The fourth-order valence-corrected chi connectivity index (χ4v) is 1.65. The lowest BCUT2D eigenvalue weighted by Crippen LogP contribution is -2.13. The maximum Gasteiger partial charge on any atom is 0.341 e. The summed E-state index contributed by atoms with van der Waals surface area (Å²) in [6, 6.07) is 6.32. The summed E-state index contributed by atoms with van der Waals surface area (Å²) < 4.78 is 4.62. The van der Waals surface area contributed by atoms with Gasteiger partial charge in [0.2, 0.25) is 0 Å². The second-order valence-corrected chi connectivity index (χ2v) is 3.59. The molecule has 2 aromatic heterocycles. The molecule has 0 atom stereocenters. The van der Waals surface area contributed by atoms with Crippen LogP contribution < -0.4 is 0 Å². The molecule has 2 heterocycles. The van der Waals surface area contributed by atoms with Crippen LogP contribution in [0.3, 0.4) is 0 Å². The van der Waals surface area contributed by atoms with Crippen molar-refractivity contribution in [1.29, 1.82) is 0 Å². The molecule has 0 radical (unpaired) electrons. The molecule has 1 N–H and O–H groups in total. The molecule has 0 saturated heterocycles. The molecule has 96 valence electrons. The summed E-state index contributed by atoms with van der Waals surface area (Å²) in [6.45, 7) is 0. The van der Waals surface area contributed by atoms with E-state index in [1.54, 1.807) is 18.2 Å². The number of hydrogen-bond acceptors (Lipinski definition) is 5. The molecule has 0 fully saturated rings. The average molecular weight is 258 g/mol. The number of aromatic carboxylic acids is 1. The van der Waals surface area contributed by atoms with Crippen LogP contribution in [0.1, 0.15) is 20.7 Å². The molecule has 2 aromatic rings. The Morgan fingerprint density at radius 2 is 1.95 bits per heavy atom. The summed E-state index contributed by atoms with van der Waals surface area (Å²) in [5.41, 5.74) is 0.331. The van der Waals surface area contributed by atoms with E-state index in [4.69, 9.17) is 5.11 Å². The van der Waals surface area contributed by atoms with Crippen LogP contribution in [0.4, 0.5) is 0 Å². The van der Waals surface area contributed by atoms with E-state index >= 15 is 0 Å². The van der Waals surface area contributed by atoms with Gasteiger partial charge in [-0.3, -0.25) is 9.97 Å². The molecule has 0 aliphatic heterocycles. The number of hydrogen-bond donors (Lipinski definition) is 1. The van der Waals surface area contributed by atoms with Crippen LogP contribution in [0, 0.1) is 0 Å². The molecule has 0 aliphatic rings. The fourth-order valence-electron chi connectivity index (χ4n) is 1.65. The highest BCUT2D eigenvalue weighted by Crippen LogP contribution is 2.23. The number of rotatable bonds is 3. The second-order valence-electron chi connectivity index (χ2n) is 3.59. The van der Waals surface area contributed by atoms with Crippen LogP contribution in [0.15, 0.2) is 36.7 Å².